The zero-order valence-electron chi connectivity index (χ0n) is 13.1. The number of hydrogen-bond donors (Lipinski definition) is 0. The minimum Gasteiger partial charge on any atom is -0.441 e. The fourth-order valence-electron chi connectivity index (χ4n) is 2.57. The Balaban J connectivity index is 2.08. The highest BCUT2D eigenvalue weighted by molar-refractivity contribution is 5.97. The first-order valence-electron chi connectivity index (χ1n) is 7.42. The molecule has 1 aliphatic heterocycles. The minimum absolute atomic E-state index is 0.0780. The number of carbonyl (C=O) groups is 2. The second kappa shape index (κ2) is 5.88. The van der Waals surface area contributed by atoms with Crippen LogP contribution in [0.15, 0.2) is 30.3 Å². The molecule has 21 heavy (non-hydrogen) atoms. The molecule has 0 spiro atoms. The molecular formula is C17H23NO3. The topological polar surface area (TPSA) is 46.6 Å². The molecule has 1 heterocycles. The number of ether oxygens (including phenoxy) is 1. The van der Waals surface area contributed by atoms with Crippen molar-refractivity contribution in [1.29, 1.82) is 0 Å². The lowest BCUT2D eigenvalue weighted by Crippen LogP contribution is -2.60. The summed E-state index contributed by atoms with van der Waals surface area (Å²) >= 11 is 0. The summed E-state index contributed by atoms with van der Waals surface area (Å²) in [5, 5.41) is 0. The van der Waals surface area contributed by atoms with E-state index < -0.39 is 6.09 Å². The summed E-state index contributed by atoms with van der Waals surface area (Å²) in [5.41, 5.74) is 0.829. The predicted octanol–water partition coefficient (Wildman–Crippen LogP) is 3.92. The molecule has 1 aromatic carbocycles. The fourth-order valence-corrected chi connectivity index (χ4v) is 2.57. The van der Waals surface area contributed by atoms with Crippen LogP contribution in [0.1, 0.15) is 52.2 Å². The van der Waals surface area contributed by atoms with Gasteiger partial charge in [-0.25, -0.2) is 9.69 Å². The van der Waals surface area contributed by atoms with Gasteiger partial charge in [-0.2, -0.15) is 0 Å². The van der Waals surface area contributed by atoms with Crippen molar-refractivity contribution in [3.05, 3.63) is 35.9 Å². The van der Waals surface area contributed by atoms with E-state index in [1.807, 2.05) is 58.0 Å². The molecule has 0 bridgehead atoms. The van der Waals surface area contributed by atoms with Gasteiger partial charge in [-0.15, -0.1) is 0 Å². The lowest BCUT2D eigenvalue weighted by Gasteiger charge is -2.45. The highest BCUT2D eigenvalue weighted by Gasteiger charge is 2.48. The maximum atomic E-state index is 12.3. The van der Waals surface area contributed by atoms with Gasteiger partial charge < -0.3 is 4.74 Å². The van der Waals surface area contributed by atoms with Gasteiger partial charge in [0.05, 0.1) is 6.04 Å². The molecule has 2 amide bonds. The van der Waals surface area contributed by atoms with Crippen LogP contribution in [0.3, 0.4) is 0 Å². The summed E-state index contributed by atoms with van der Waals surface area (Å²) in [6.07, 6.45) is 0.258. The number of carbonyl (C=O) groups excluding carboxylic acids is 2. The Morgan fingerprint density at radius 2 is 1.95 bits per heavy atom. The first kappa shape index (κ1) is 15.5. The van der Waals surface area contributed by atoms with E-state index in [1.165, 1.54) is 4.90 Å². The Morgan fingerprint density at radius 3 is 2.43 bits per heavy atom. The Bertz CT molecular complexity index is 519. The average molecular weight is 289 g/mol. The monoisotopic (exact) mass is 289 g/mol. The first-order valence-corrected chi connectivity index (χ1v) is 7.42. The van der Waals surface area contributed by atoms with Gasteiger partial charge in [-0.3, -0.25) is 4.79 Å². The van der Waals surface area contributed by atoms with Crippen LogP contribution < -0.4 is 0 Å². The smallest absolute Gasteiger partial charge is 0.417 e. The molecule has 0 aromatic heterocycles. The standard InChI is InChI=1S/C17H23NO3/c1-5-13(12-9-7-6-8-10-12)21-16(20)18-14(11-15(18)19)17(2,3)4/h6-10,13-14H,5,11H2,1-4H3/t13-,14+/m1/s1. The summed E-state index contributed by atoms with van der Waals surface area (Å²) < 4.78 is 5.55. The largest absolute Gasteiger partial charge is 0.441 e. The summed E-state index contributed by atoms with van der Waals surface area (Å²) in [7, 11) is 0. The Labute approximate surface area is 126 Å². The number of rotatable bonds is 3. The van der Waals surface area contributed by atoms with E-state index in [-0.39, 0.29) is 23.5 Å². The molecule has 1 saturated heterocycles. The molecular weight excluding hydrogens is 266 g/mol. The van der Waals surface area contributed by atoms with Crippen molar-refractivity contribution in [1.82, 2.24) is 4.90 Å². The van der Waals surface area contributed by atoms with Crippen molar-refractivity contribution in [3.63, 3.8) is 0 Å². The van der Waals surface area contributed by atoms with Crippen LogP contribution in [0.4, 0.5) is 4.79 Å². The third-order valence-electron chi connectivity index (χ3n) is 3.93. The van der Waals surface area contributed by atoms with Crippen LogP contribution in [0.2, 0.25) is 0 Å². The molecule has 2 atom stereocenters. The van der Waals surface area contributed by atoms with Crippen LogP contribution in [0.25, 0.3) is 0 Å². The van der Waals surface area contributed by atoms with E-state index in [1.54, 1.807) is 0 Å². The van der Waals surface area contributed by atoms with Crippen LogP contribution in [0, 0.1) is 5.41 Å². The quantitative estimate of drug-likeness (QED) is 0.792. The summed E-state index contributed by atoms with van der Waals surface area (Å²) in [6.45, 7) is 8.04. The number of hydrogen-bond acceptors (Lipinski definition) is 3. The van der Waals surface area contributed by atoms with Gasteiger partial charge in [-0.1, -0.05) is 58.0 Å². The van der Waals surface area contributed by atoms with Gasteiger partial charge in [0.1, 0.15) is 6.10 Å². The van der Waals surface area contributed by atoms with Crippen molar-refractivity contribution < 1.29 is 14.3 Å². The van der Waals surface area contributed by atoms with Crippen LogP contribution in [-0.2, 0) is 9.53 Å². The van der Waals surface area contributed by atoms with Gasteiger partial charge in [0, 0.05) is 6.42 Å². The van der Waals surface area contributed by atoms with Crippen LogP contribution >= 0.6 is 0 Å². The van der Waals surface area contributed by atoms with Crippen LogP contribution in [0.5, 0.6) is 0 Å². The lowest BCUT2D eigenvalue weighted by atomic mass is 9.79. The van der Waals surface area contributed by atoms with Crippen molar-refractivity contribution in [2.24, 2.45) is 5.41 Å². The van der Waals surface area contributed by atoms with E-state index in [4.69, 9.17) is 4.74 Å². The maximum Gasteiger partial charge on any atom is 0.417 e. The number of likely N-dealkylation sites (tertiary alicyclic amines) is 1. The zero-order valence-corrected chi connectivity index (χ0v) is 13.1. The Morgan fingerprint density at radius 1 is 1.33 bits per heavy atom. The Kier molecular flexibility index (Phi) is 4.35. The molecule has 1 aliphatic rings. The highest BCUT2D eigenvalue weighted by atomic mass is 16.6. The van der Waals surface area contributed by atoms with E-state index in [9.17, 15) is 9.59 Å². The van der Waals surface area contributed by atoms with Gasteiger partial charge in [0.2, 0.25) is 5.91 Å². The third-order valence-corrected chi connectivity index (χ3v) is 3.93. The van der Waals surface area contributed by atoms with Gasteiger partial charge >= 0.3 is 6.09 Å². The molecule has 1 aromatic rings. The molecule has 0 radical (unpaired) electrons. The number of nitrogens with zero attached hydrogens (tertiary/aromatic N) is 1. The van der Waals surface area contributed by atoms with E-state index in [0.717, 1.165) is 5.56 Å². The molecule has 0 unspecified atom stereocenters. The minimum atomic E-state index is -0.526. The van der Waals surface area contributed by atoms with Crippen molar-refractivity contribution >= 4 is 12.0 Å². The average Bonchev–Trinajstić information content (AvgIpc) is 2.41. The zero-order chi connectivity index (χ0) is 15.6. The van der Waals surface area contributed by atoms with E-state index in [2.05, 4.69) is 0 Å². The number of amides is 2. The molecule has 0 aliphatic carbocycles. The summed E-state index contributed by atoms with van der Waals surface area (Å²) in [6, 6.07) is 9.54. The summed E-state index contributed by atoms with van der Waals surface area (Å²) in [4.78, 5) is 25.3. The van der Waals surface area contributed by atoms with Gasteiger partial charge in [0.15, 0.2) is 0 Å². The third kappa shape index (κ3) is 3.26. The maximum absolute atomic E-state index is 12.3. The van der Waals surface area contributed by atoms with Crippen LogP contribution in [-0.4, -0.2) is 22.9 Å². The Hall–Kier alpha value is -1.84. The number of β-lactam (4-membered cyclic amide) rings is 1. The SMILES string of the molecule is CC[C@@H](OC(=O)N1C(=O)C[C@H]1C(C)(C)C)c1ccccc1. The second-order valence-electron chi connectivity index (χ2n) is 6.54. The fraction of sp³-hybridized carbons (Fsp3) is 0.529. The molecule has 2 rings (SSSR count). The molecule has 4 nitrogen and oxygen atoms in total. The second-order valence-corrected chi connectivity index (χ2v) is 6.54. The molecule has 114 valence electrons. The van der Waals surface area contributed by atoms with Crippen molar-refractivity contribution in [2.45, 2.75) is 52.7 Å². The first-order chi connectivity index (χ1) is 9.84. The van der Waals surface area contributed by atoms with E-state index in [0.29, 0.717) is 12.8 Å². The number of imide groups is 1. The van der Waals surface area contributed by atoms with Gasteiger partial charge in [0.25, 0.3) is 0 Å². The number of benzene rings is 1. The molecule has 0 saturated carbocycles. The molecule has 0 N–H and O–H groups in total. The predicted molar refractivity (Wildman–Crippen MR) is 80.7 cm³/mol. The molecule has 4 heteroatoms. The van der Waals surface area contributed by atoms with Gasteiger partial charge in [-0.05, 0) is 17.4 Å². The lowest BCUT2D eigenvalue weighted by molar-refractivity contribution is -0.148. The van der Waals surface area contributed by atoms with Crippen molar-refractivity contribution in [3.8, 4) is 0 Å². The van der Waals surface area contributed by atoms with Crippen molar-refractivity contribution in [2.75, 3.05) is 0 Å². The van der Waals surface area contributed by atoms with E-state index >= 15 is 0 Å². The highest BCUT2D eigenvalue weighted by Crippen LogP contribution is 2.36. The molecule has 1 fully saturated rings. The summed E-state index contributed by atoms with van der Waals surface area (Å²) in [5.74, 6) is -0.150. The normalized spacial score (nSPS) is 19.9.